The van der Waals surface area contributed by atoms with Gasteiger partial charge in [-0.2, -0.15) is 0 Å². The van der Waals surface area contributed by atoms with Crippen molar-refractivity contribution in [3.63, 3.8) is 0 Å². The third-order valence-electron chi connectivity index (χ3n) is 3.72. The van der Waals surface area contributed by atoms with Gasteiger partial charge in [-0.1, -0.05) is 53.5 Å². The zero-order valence-electron chi connectivity index (χ0n) is 13.9. The number of pyridine rings is 1. The molecule has 0 aliphatic rings. The number of benzene rings is 2. The molecule has 0 saturated carbocycles. The van der Waals surface area contributed by atoms with E-state index < -0.39 is 0 Å². The van der Waals surface area contributed by atoms with Crippen LogP contribution in [0.15, 0.2) is 66.9 Å². The summed E-state index contributed by atoms with van der Waals surface area (Å²) in [6.45, 7) is 0. The lowest BCUT2D eigenvalue weighted by Crippen LogP contribution is -2.12. The summed E-state index contributed by atoms with van der Waals surface area (Å²) in [5.74, 6) is 0.603. The maximum absolute atomic E-state index is 12.0. The van der Waals surface area contributed by atoms with Crippen LogP contribution in [0, 0.1) is 0 Å². The number of hydrogen-bond acceptors (Lipinski definition) is 3. The van der Waals surface area contributed by atoms with Gasteiger partial charge in [0.25, 0.3) is 0 Å². The number of rotatable bonds is 6. The summed E-state index contributed by atoms with van der Waals surface area (Å²) in [7, 11) is 0. The van der Waals surface area contributed by atoms with Crippen LogP contribution < -0.4 is 10.6 Å². The van der Waals surface area contributed by atoms with E-state index in [1.807, 2.05) is 36.4 Å². The van der Waals surface area contributed by atoms with Gasteiger partial charge in [0.1, 0.15) is 5.82 Å². The second kappa shape index (κ2) is 8.70. The van der Waals surface area contributed by atoms with E-state index >= 15 is 0 Å². The van der Waals surface area contributed by atoms with Crippen molar-refractivity contribution in [2.75, 3.05) is 10.6 Å². The van der Waals surface area contributed by atoms with Crippen LogP contribution in [0.2, 0.25) is 10.0 Å². The van der Waals surface area contributed by atoms with Crippen molar-refractivity contribution in [3.8, 4) is 0 Å². The number of aromatic nitrogens is 1. The number of nitrogens with zero attached hydrogens (tertiary/aromatic N) is 1. The fourth-order valence-electron chi connectivity index (χ4n) is 2.39. The number of carbonyl (C=O) groups is 1. The van der Waals surface area contributed by atoms with Crippen LogP contribution in [0.3, 0.4) is 0 Å². The lowest BCUT2D eigenvalue weighted by Gasteiger charge is -2.09. The summed E-state index contributed by atoms with van der Waals surface area (Å²) < 4.78 is 0. The van der Waals surface area contributed by atoms with Gasteiger partial charge in [-0.05, 0) is 42.3 Å². The van der Waals surface area contributed by atoms with E-state index in [4.69, 9.17) is 23.2 Å². The highest BCUT2D eigenvalue weighted by atomic mass is 35.5. The summed E-state index contributed by atoms with van der Waals surface area (Å²) >= 11 is 11.9. The van der Waals surface area contributed by atoms with Gasteiger partial charge in [-0.25, -0.2) is 4.98 Å². The number of halogens is 2. The van der Waals surface area contributed by atoms with Crippen LogP contribution in [-0.2, 0) is 11.2 Å². The molecule has 0 spiro atoms. The maximum Gasteiger partial charge on any atom is 0.224 e. The highest BCUT2D eigenvalue weighted by Gasteiger charge is 2.05. The smallest absolute Gasteiger partial charge is 0.224 e. The van der Waals surface area contributed by atoms with Gasteiger partial charge >= 0.3 is 0 Å². The molecule has 0 aliphatic carbocycles. The predicted molar refractivity (Wildman–Crippen MR) is 107 cm³/mol. The second-order valence-electron chi connectivity index (χ2n) is 5.72. The lowest BCUT2D eigenvalue weighted by molar-refractivity contribution is -0.116. The van der Waals surface area contributed by atoms with E-state index in [1.54, 1.807) is 30.5 Å². The Morgan fingerprint density at radius 3 is 2.38 bits per heavy atom. The molecule has 0 unspecified atom stereocenters. The van der Waals surface area contributed by atoms with Crippen LogP contribution in [0.5, 0.6) is 0 Å². The first-order valence-corrected chi connectivity index (χ1v) is 8.88. The third-order valence-corrected chi connectivity index (χ3v) is 4.46. The minimum Gasteiger partial charge on any atom is -0.340 e. The van der Waals surface area contributed by atoms with Crippen LogP contribution in [0.4, 0.5) is 17.2 Å². The Hall–Kier alpha value is -2.56. The predicted octanol–water partition coefficient (Wildman–Crippen LogP) is 5.70. The van der Waals surface area contributed by atoms with Crippen molar-refractivity contribution in [2.24, 2.45) is 0 Å². The van der Waals surface area contributed by atoms with Gasteiger partial charge in [-0.15, -0.1) is 0 Å². The first kappa shape index (κ1) is 18.2. The molecule has 3 aromatic rings. The average Bonchev–Trinajstić information content (AvgIpc) is 2.65. The molecule has 0 fully saturated rings. The van der Waals surface area contributed by atoms with Gasteiger partial charge < -0.3 is 10.6 Å². The third kappa shape index (κ3) is 5.22. The van der Waals surface area contributed by atoms with Crippen LogP contribution in [0.25, 0.3) is 0 Å². The normalized spacial score (nSPS) is 10.4. The summed E-state index contributed by atoms with van der Waals surface area (Å²) in [4.78, 5) is 16.3. The summed E-state index contributed by atoms with van der Waals surface area (Å²) in [5, 5.41) is 6.95. The number of carbonyl (C=O) groups excluding carboxylic acids is 1. The topological polar surface area (TPSA) is 54.0 Å². The van der Waals surface area contributed by atoms with Crippen molar-refractivity contribution in [1.82, 2.24) is 4.98 Å². The average molecular weight is 386 g/mol. The van der Waals surface area contributed by atoms with Crippen LogP contribution >= 0.6 is 23.2 Å². The number of hydrogen-bond donors (Lipinski definition) is 2. The molecule has 2 aromatic carbocycles. The van der Waals surface area contributed by atoms with Gasteiger partial charge in [0, 0.05) is 12.1 Å². The highest BCUT2D eigenvalue weighted by Crippen LogP contribution is 2.26. The molecule has 132 valence electrons. The van der Waals surface area contributed by atoms with Gasteiger partial charge in [0.15, 0.2) is 0 Å². The quantitative estimate of drug-likeness (QED) is 0.571. The summed E-state index contributed by atoms with van der Waals surface area (Å²) in [5.41, 5.74) is 2.58. The largest absolute Gasteiger partial charge is 0.340 e. The Bertz CT molecular complexity index is 883. The number of aryl methyl sites for hydroxylation is 1. The molecule has 1 amide bonds. The van der Waals surface area contributed by atoms with E-state index in [2.05, 4.69) is 15.6 Å². The molecule has 26 heavy (non-hydrogen) atoms. The molecule has 0 radical (unpaired) electrons. The molecule has 1 aromatic heterocycles. The van der Waals surface area contributed by atoms with Crippen molar-refractivity contribution in [3.05, 3.63) is 82.5 Å². The SMILES string of the molecule is O=C(CCc1ccccc1)Nc1ccc(Nc2ccc(Cl)c(Cl)c2)nc1. The zero-order valence-corrected chi connectivity index (χ0v) is 15.4. The number of amides is 1. The van der Waals surface area contributed by atoms with E-state index in [-0.39, 0.29) is 5.91 Å². The lowest BCUT2D eigenvalue weighted by atomic mass is 10.1. The minimum atomic E-state index is -0.0409. The molecular weight excluding hydrogens is 369 g/mol. The van der Waals surface area contributed by atoms with Crippen molar-refractivity contribution in [1.29, 1.82) is 0 Å². The second-order valence-corrected chi connectivity index (χ2v) is 6.53. The van der Waals surface area contributed by atoms with Crippen LogP contribution in [-0.4, -0.2) is 10.9 Å². The molecule has 1 heterocycles. The molecule has 0 atom stereocenters. The van der Waals surface area contributed by atoms with Gasteiger partial charge in [-0.3, -0.25) is 4.79 Å². The first-order chi connectivity index (χ1) is 12.6. The van der Waals surface area contributed by atoms with E-state index in [1.165, 1.54) is 0 Å². The summed E-state index contributed by atoms with van der Waals surface area (Å²) in [6.07, 6.45) is 2.74. The monoisotopic (exact) mass is 385 g/mol. The molecular formula is C20H17Cl2N3O. The van der Waals surface area contributed by atoms with Gasteiger partial charge in [0.2, 0.25) is 5.91 Å². The van der Waals surface area contributed by atoms with Gasteiger partial charge in [0.05, 0.1) is 21.9 Å². The number of nitrogens with one attached hydrogen (secondary N) is 2. The Labute approximate surface area is 162 Å². The Balaban J connectivity index is 1.53. The standard InChI is InChI=1S/C20H17Cl2N3O/c21-17-9-7-15(12-18(17)22)24-19-10-8-16(13-23-19)25-20(26)11-6-14-4-2-1-3-5-14/h1-5,7-10,12-13H,6,11H2,(H,23,24)(H,25,26). The van der Waals surface area contributed by atoms with Crippen molar-refractivity contribution < 1.29 is 4.79 Å². The fourth-order valence-corrected chi connectivity index (χ4v) is 2.69. The highest BCUT2D eigenvalue weighted by molar-refractivity contribution is 6.42. The number of anilines is 3. The summed E-state index contributed by atoms with van der Waals surface area (Å²) in [6, 6.07) is 18.8. The Morgan fingerprint density at radius 2 is 1.69 bits per heavy atom. The molecule has 0 saturated heterocycles. The molecule has 0 bridgehead atoms. The maximum atomic E-state index is 12.0. The molecule has 0 aliphatic heterocycles. The molecule has 3 rings (SSSR count). The van der Waals surface area contributed by atoms with Crippen molar-refractivity contribution >= 4 is 46.3 Å². The first-order valence-electron chi connectivity index (χ1n) is 8.12. The van der Waals surface area contributed by atoms with E-state index in [0.717, 1.165) is 11.3 Å². The molecule has 4 nitrogen and oxygen atoms in total. The Morgan fingerprint density at radius 1 is 0.923 bits per heavy atom. The molecule has 2 N–H and O–H groups in total. The zero-order chi connectivity index (χ0) is 18.4. The Kier molecular flexibility index (Phi) is 6.10. The minimum absolute atomic E-state index is 0.0409. The van der Waals surface area contributed by atoms with Crippen LogP contribution in [0.1, 0.15) is 12.0 Å². The van der Waals surface area contributed by atoms with E-state index in [0.29, 0.717) is 34.4 Å². The fraction of sp³-hybridized carbons (Fsp3) is 0.100. The molecule has 6 heteroatoms. The van der Waals surface area contributed by atoms with Crippen molar-refractivity contribution in [2.45, 2.75) is 12.8 Å². The van der Waals surface area contributed by atoms with E-state index in [9.17, 15) is 4.79 Å².